The summed E-state index contributed by atoms with van der Waals surface area (Å²) < 4.78 is 0. The van der Waals surface area contributed by atoms with Gasteiger partial charge in [0.25, 0.3) is 0 Å². The summed E-state index contributed by atoms with van der Waals surface area (Å²) in [6, 6.07) is 6.11. The van der Waals surface area contributed by atoms with E-state index in [1.165, 1.54) is 24.0 Å². The number of halogens is 1. The maximum absolute atomic E-state index is 11.7. The SMILES string of the molecule is CC(Br)C(=O)c1ccc2c(c1)CCC2. The van der Waals surface area contributed by atoms with Crippen LogP contribution in [0.15, 0.2) is 18.2 Å². The molecule has 0 saturated carbocycles. The fourth-order valence-corrected chi connectivity index (χ4v) is 2.22. The monoisotopic (exact) mass is 252 g/mol. The zero-order chi connectivity index (χ0) is 10.1. The highest BCUT2D eigenvalue weighted by molar-refractivity contribution is 9.10. The minimum absolute atomic E-state index is 0.0815. The maximum atomic E-state index is 11.7. The molecule has 14 heavy (non-hydrogen) atoms. The second-order valence-corrected chi connectivity index (χ2v) is 5.19. The lowest BCUT2D eigenvalue weighted by molar-refractivity contribution is 0.0996. The van der Waals surface area contributed by atoms with Crippen molar-refractivity contribution < 1.29 is 4.79 Å². The zero-order valence-electron chi connectivity index (χ0n) is 8.22. The van der Waals surface area contributed by atoms with Gasteiger partial charge in [-0.05, 0) is 43.4 Å². The summed E-state index contributed by atoms with van der Waals surface area (Å²) in [5.41, 5.74) is 3.63. The van der Waals surface area contributed by atoms with Gasteiger partial charge in [-0.3, -0.25) is 4.79 Å². The summed E-state index contributed by atoms with van der Waals surface area (Å²) in [5.74, 6) is 0.180. The first-order valence-electron chi connectivity index (χ1n) is 4.98. The van der Waals surface area contributed by atoms with Crippen molar-refractivity contribution in [2.45, 2.75) is 31.0 Å². The van der Waals surface area contributed by atoms with Crippen LogP contribution >= 0.6 is 15.9 Å². The lowest BCUT2D eigenvalue weighted by Gasteiger charge is -2.05. The van der Waals surface area contributed by atoms with Gasteiger partial charge in [-0.25, -0.2) is 0 Å². The number of fused-ring (bicyclic) bond motifs is 1. The summed E-state index contributed by atoms with van der Waals surface area (Å²) in [7, 11) is 0. The van der Waals surface area contributed by atoms with Crippen LogP contribution in [0, 0.1) is 0 Å². The number of hydrogen-bond acceptors (Lipinski definition) is 1. The molecule has 0 aliphatic heterocycles. The van der Waals surface area contributed by atoms with Crippen LogP contribution in [0.3, 0.4) is 0 Å². The third-order valence-corrected chi connectivity index (χ3v) is 3.16. The van der Waals surface area contributed by atoms with E-state index < -0.39 is 0 Å². The van der Waals surface area contributed by atoms with Gasteiger partial charge in [0.2, 0.25) is 0 Å². The van der Waals surface area contributed by atoms with Gasteiger partial charge in [-0.2, -0.15) is 0 Å². The summed E-state index contributed by atoms with van der Waals surface area (Å²) in [5, 5.41) is 0. The van der Waals surface area contributed by atoms with E-state index in [-0.39, 0.29) is 10.6 Å². The van der Waals surface area contributed by atoms with Crippen molar-refractivity contribution in [3.05, 3.63) is 34.9 Å². The number of ketones is 1. The highest BCUT2D eigenvalue weighted by Gasteiger charge is 2.16. The number of benzene rings is 1. The van der Waals surface area contributed by atoms with Crippen molar-refractivity contribution >= 4 is 21.7 Å². The van der Waals surface area contributed by atoms with Crippen LogP contribution in [0.1, 0.15) is 34.8 Å². The van der Waals surface area contributed by atoms with E-state index in [1.54, 1.807) is 0 Å². The predicted molar refractivity (Wildman–Crippen MR) is 61.2 cm³/mol. The van der Waals surface area contributed by atoms with Crippen molar-refractivity contribution in [1.29, 1.82) is 0 Å². The molecule has 0 spiro atoms. The van der Waals surface area contributed by atoms with Crippen LogP contribution in [0.25, 0.3) is 0 Å². The van der Waals surface area contributed by atoms with E-state index in [4.69, 9.17) is 0 Å². The molecule has 0 bridgehead atoms. The van der Waals surface area contributed by atoms with Crippen molar-refractivity contribution in [1.82, 2.24) is 0 Å². The second-order valence-electron chi connectivity index (χ2n) is 3.82. The third-order valence-electron chi connectivity index (χ3n) is 2.74. The molecule has 0 N–H and O–H groups in total. The summed E-state index contributed by atoms with van der Waals surface area (Å²) in [4.78, 5) is 11.6. The standard InChI is InChI=1S/C12H13BrO/c1-8(13)12(14)11-6-5-9-3-2-4-10(9)7-11/h5-8H,2-4H2,1H3. The highest BCUT2D eigenvalue weighted by atomic mass is 79.9. The van der Waals surface area contributed by atoms with Crippen LogP contribution in [0.2, 0.25) is 0 Å². The number of Topliss-reactive ketones (excluding diaryl/α,β-unsaturated/α-hetero) is 1. The molecule has 0 radical (unpaired) electrons. The molecule has 1 nitrogen and oxygen atoms in total. The first-order chi connectivity index (χ1) is 6.68. The molecule has 0 fully saturated rings. The largest absolute Gasteiger partial charge is 0.293 e. The summed E-state index contributed by atoms with van der Waals surface area (Å²) in [6.07, 6.45) is 3.54. The fraction of sp³-hybridized carbons (Fsp3) is 0.417. The van der Waals surface area contributed by atoms with Crippen molar-refractivity contribution in [2.24, 2.45) is 0 Å². The molecule has 1 aliphatic rings. The minimum atomic E-state index is -0.0815. The van der Waals surface area contributed by atoms with Gasteiger partial charge >= 0.3 is 0 Å². The Kier molecular flexibility index (Phi) is 2.73. The van der Waals surface area contributed by atoms with E-state index in [1.807, 2.05) is 13.0 Å². The summed E-state index contributed by atoms with van der Waals surface area (Å²) >= 11 is 3.31. The number of carbonyl (C=O) groups excluding carboxylic acids is 1. The average Bonchev–Trinajstić information content (AvgIpc) is 2.62. The number of aryl methyl sites for hydroxylation is 2. The Hall–Kier alpha value is -0.630. The Morgan fingerprint density at radius 1 is 1.36 bits per heavy atom. The molecule has 1 aromatic carbocycles. The molecule has 0 saturated heterocycles. The molecule has 1 aliphatic carbocycles. The number of hydrogen-bond donors (Lipinski definition) is 0. The molecule has 74 valence electrons. The van der Waals surface area contributed by atoms with Gasteiger partial charge in [-0.15, -0.1) is 0 Å². The number of carbonyl (C=O) groups is 1. The van der Waals surface area contributed by atoms with Crippen LogP contribution in [0.4, 0.5) is 0 Å². The van der Waals surface area contributed by atoms with E-state index in [0.29, 0.717) is 0 Å². The first kappa shape index (κ1) is 9.91. The van der Waals surface area contributed by atoms with Crippen LogP contribution < -0.4 is 0 Å². The number of alkyl halides is 1. The molecular formula is C12H13BrO. The summed E-state index contributed by atoms with van der Waals surface area (Å²) in [6.45, 7) is 1.87. The normalized spacial score (nSPS) is 16.4. The second kappa shape index (κ2) is 3.85. The van der Waals surface area contributed by atoms with Gasteiger partial charge in [-0.1, -0.05) is 28.1 Å². The molecule has 1 atom stereocenters. The Labute approximate surface area is 92.6 Å². The lowest BCUT2D eigenvalue weighted by atomic mass is 10.0. The zero-order valence-corrected chi connectivity index (χ0v) is 9.80. The van der Waals surface area contributed by atoms with Crippen LogP contribution in [0.5, 0.6) is 0 Å². The van der Waals surface area contributed by atoms with Gasteiger partial charge < -0.3 is 0 Å². The Bertz CT molecular complexity index is 369. The van der Waals surface area contributed by atoms with E-state index in [2.05, 4.69) is 28.1 Å². The van der Waals surface area contributed by atoms with Crippen molar-refractivity contribution in [2.75, 3.05) is 0 Å². The van der Waals surface area contributed by atoms with Gasteiger partial charge in [0.15, 0.2) is 5.78 Å². The Balaban J connectivity index is 2.33. The van der Waals surface area contributed by atoms with E-state index in [0.717, 1.165) is 12.0 Å². The van der Waals surface area contributed by atoms with Crippen molar-refractivity contribution in [3.8, 4) is 0 Å². The van der Waals surface area contributed by atoms with Gasteiger partial charge in [0.05, 0.1) is 4.83 Å². The molecule has 2 heteroatoms. The third kappa shape index (κ3) is 1.76. The van der Waals surface area contributed by atoms with Crippen molar-refractivity contribution in [3.63, 3.8) is 0 Å². The van der Waals surface area contributed by atoms with Crippen LogP contribution in [-0.4, -0.2) is 10.6 Å². The van der Waals surface area contributed by atoms with E-state index >= 15 is 0 Å². The quantitative estimate of drug-likeness (QED) is 0.584. The lowest BCUT2D eigenvalue weighted by Crippen LogP contribution is -2.10. The van der Waals surface area contributed by atoms with Crippen LogP contribution in [-0.2, 0) is 12.8 Å². The Morgan fingerprint density at radius 2 is 2.07 bits per heavy atom. The van der Waals surface area contributed by atoms with Gasteiger partial charge in [0.1, 0.15) is 0 Å². The smallest absolute Gasteiger partial charge is 0.176 e. The topological polar surface area (TPSA) is 17.1 Å². The average molecular weight is 253 g/mol. The number of rotatable bonds is 2. The minimum Gasteiger partial charge on any atom is -0.293 e. The fourth-order valence-electron chi connectivity index (χ4n) is 1.95. The molecule has 0 heterocycles. The molecule has 0 aromatic heterocycles. The molecule has 2 rings (SSSR count). The first-order valence-corrected chi connectivity index (χ1v) is 5.90. The Morgan fingerprint density at radius 3 is 2.79 bits per heavy atom. The molecule has 0 amide bonds. The molecule has 1 aromatic rings. The molecule has 1 unspecified atom stereocenters. The predicted octanol–water partition coefficient (Wildman–Crippen LogP) is 3.14. The highest BCUT2D eigenvalue weighted by Crippen LogP contribution is 2.23. The van der Waals surface area contributed by atoms with E-state index in [9.17, 15) is 4.79 Å². The molecular weight excluding hydrogens is 240 g/mol. The maximum Gasteiger partial charge on any atom is 0.176 e. The van der Waals surface area contributed by atoms with Gasteiger partial charge in [0, 0.05) is 5.56 Å².